The highest BCUT2D eigenvalue weighted by Gasteiger charge is 2.42. The predicted octanol–water partition coefficient (Wildman–Crippen LogP) is 20.2. The van der Waals surface area contributed by atoms with Crippen molar-refractivity contribution in [2.24, 2.45) is 10.8 Å². The fourth-order valence-corrected chi connectivity index (χ4v) is 12.2. The smallest absolute Gasteiger partial charge is 0.262 e. The molecular weight excluding hydrogens is 893 g/mol. The van der Waals surface area contributed by atoms with Crippen LogP contribution in [-0.2, 0) is 25.7 Å². The van der Waals surface area contributed by atoms with E-state index >= 15 is 0 Å². The van der Waals surface area contributed by atoms with Crippen LogP contribution < -0.4 is 20.1 Å². The Morgan fingerprint density at radius 3 is 1.19 bits per heavy atom. The third kappa shape index (κ3) is 27.8. The van der Waals surface area contributed by atoms with Crippen molar-refractivity contribution in [3.8, 4) is 11.5 Å². The van der Waals surface area contributed by atoms with Crippen LogP contribution in [0.3, 0.4) is 0 Å². The number of aryl methyl sites for hydroxylation is 2. The molecule has 1 saturated carbocycles. The molecule has 0 amide bonds. The topological polar surface area (TPSA) is 42.5 Å². The number of hydrogen-bond acceptors (Lipinski definition) is 4. The Kier molecular flexibility index (Phi) is 34.1. The summed E-state index contributed by atoms with van der Waals surface area (Å²) in [5.41, 5.74) is 5.81. The summed E-state index contributed by atoms with van der Waals surface area (Å²) in [6, 6.07) is 13.6. The van der Waals surface area contributed by atoms with Crippen molar-refractivity contribution in [1.82, 2.24) is 10.6 Å². The molecule has 0 bridgehead atoms. The summed E-state index contributed by atoms with van der Waals surface area (Å²) in [4.78, 5) is 0. The monoisotopic (exact) mass is 1000 g/mol. The highest BCUT2D eigenvalue weighted by atomic mass is 32.1. The number of ether oxygens (including phenoxy) is 2. The minimum Gasteiger partial charge on any atom is -0.432 e. The van der Waals surface area contributed by atoms with E-state index in [1.54, 1.807) is 0 Å². The number of benzene rings is 2. The van der Waals surface area contributed by atoms with E-state index < -0.39 is 0 Å². The first-order chi connectivity index (χ1) is 34.0. The Morgan fingerprint density at radius 2 is 0.800 bits per heavy atom. The first-order valence-corrected chi connectivity index (χ1v) is 31.0. The Balaban J connectivity index is 1.63. The summed E-state index contributed by atoms with van der Waals surface area (Å²) in [5.74, 6) is 1.92. The molecule has 2 aromatic rings. The largest absolute Gasteiger partial charge is 0.432 e. The van der Waals surface area contributed by atoms with Gasteiger partial charge in [0.1, 0.15) is 11.5 Å². The zero-order valence-electron chi connectivity index (χ0n) is 47.0. The number of nitrogens with one attached hydrogen (secondary N) is 2. The van der Waals surface area contributed by atoms with E-state index in [1.807, 2.05) is 0 Å². The van der Waals surface area contributed by atoms with Crippen LogP contribution in [-0.4, -0.2) is 22.9 Å². The van der Waals surface area contributed by atoms with Crippen LogP contribution >= 0.6 is 24.4 Å². The average molecular weight is 1000 g/mol. The number of thiocarbonyl (C=S) groups is 2. The zero-order chi connectivity index (χ0) is 50.6. The van der Waals surface area contributed by atoms with E-state index in [0.717, 1.165) is 63.0 Å². The molecule has 1 aliphatic rings. The zero-order valence-corrected chi connectivity index (χ0v) is 48.6. The molecule has 0 heterocycles. The quantitative estimate of drug-likeness (QED) is 0.0511. The van der Waals surface area contributed by atoms with Crippen molar-refractivity contribution < 1.29 is 9.47 Å². The molecule has 0 aromatic heterocycles. The molecule has 2 atom stereocenters. The molecule has 2 N–H and O–H groups in total. The highest BCUT2D eigenvalue weighted by Crippen LogP contribution is 2.46. The first-order valence-electron chi connectivity index (χ1n) is 30.2. The summed E-state index contributed by atoms with van der Waals surface area (Å²) in [7, 11) is 0. The van der Waals surface area contributed by atoms with Crippen molar-refractivity contribution in [3.05, 3.63) is 58.7 Å². The van der Waals surface area contributed by atoms with Crippen molar-refractivity contribution in [1.29, 1.82) is 0 Å². The molecule has 0 aliphatic heterocycles. The molecular formula is C64H110N2O2S2. The Morgan fingerprint density at radius 1 is 0.457 bits per heavy atom. The SMILES string of the molecule is CCCCCCCCCCc1cccc(OC(=S)NCC2(C)CC(NC(=S)Oc3cccc(CCCCCCCCCC)c3CCCCCCCCCC)CC(C)(C)C2)c1CCCCCCCCCC. The molecule has 0 spiro atoms. The van der Waals surface area contributed by atoms with Crippen molar-refractivity contribution in [3.63, 3.8) is 0 Å². The molecule has 0 saturated heterocycles. The lowest BCUT2D eigenvalue weighted by Gasteiger charge is -2.47. The first kappa shape index (κ1) is 62.1. The lowest BCUT2D eigenvalue weighted by Crippen LogP contribution is -2.51. The van der Waals surface area contributed by atoms with Crippen molar-refractivity contribution in [2.45, 2.75) is 305 Å². The third-order valence-electron chi connectivity index (χ3n) is 15.5. The van der Waals surface area contributed by atoms with Gasteiger partial charge in [-0.05, 0) is 140 Å². The highest BCUT2D eigenvalue weighted by molar-refractivity contribution is 7.80. The van der Waals surface area contributed by atoms with Gasteiger partial charge in [0.2, 0.25) is 0 Å². The molecule has 6 heteroatoms. The van der Waals surface area contributed by atoms with E-state index in [2.05, 4.69) is 95.5 Å². The van der Waals surface area contributed by atoms with E-state index in [1.165, 1.54) is 228 Å². The molecule has 3 rings (SSSR count). The van der Waals surface area contributed by atoms with Gasteiger partial charge in [-0.2, -0.15) is 0 Å². The number of unbranched alkanes of at least 4 members (excludes halogenated alkanes) is 28. The Bertz CT molecular complexity index is 1660. The Hall–Kier alpha value is -2.18. The molecule has 1 fully saturated rings. The maximum atomic E-state index is 6.69. The predicted molar refractivity (Wildman–Crippen MR) is 315 cm³/mol. The minimum absolute atomic E-state index is 0.00157. The third-order valence-corrected chi connectivity index (χ3v) is 15.9. The van der Waals surface area contributed by atoms with Gasteiger partial charge in [0, 0.05) is 12.6 Å². The van der Waals surface area contributed by atoms with Crippen LogP contribution in [0.25, 0.3) is 0 Å². The fraction of sp³-hybridized carbons (Fsp3) is 0.781. The van der Waals surface area contributed by atoms with Gasteiger partial charge < -0.3 is 20.1 Å². The minimum atomic E-state index is -0.00157. The molecule has 4 nitrogen and oxygen atoms in total. The summed E-state index contributed by atoms with van der Waals surface area (Å²) < 4.78 is 13.3. The van der Waals surface area contributed by atoms with Gasteiger partial charge in [-0.1, -0.05) is 253 Å². The van der Waals surface area contributed by atoms with Crippen LogP contribution in [0.15, 0.2) is 36.4 Å². The van der Waals surface area contributed by atoms with Gasteiger partial charge in [-0.15, -0.1) is 0 Å². The standard InChI is InChI=1S/C64H110N2O2S2/c1-8-12-16-20-24-28-32-36-42-54-44-40-48-59(57(54)46-38-34-30-26-22-18-14-10-3)67-61(69)65-53-64(7)51-56(50-63(5,6)52-64)66-62(70)68-60-49-41-45-55(43-37-33-29-25-21-17-13-9-2)58(60)47-39-35-31-27-23-19-15-11-4/h40-41,44-45,48-49,56H,8-39,42-43,46-47,50-53H2,1-7H3,(H,65,69)(H,66,70). The van der Waals surface area contributed by atoms with Gasteiger partial charge in [0.25, 0.3) is 10.3 Å². The van der Waals surface area contributed by atoms with Gasteiger partial charge >= 0.3 is 0 Å². The normalized spacial score (nSPS) is 16.6. The molecule has 2 aromatic carbocycles. The van der Waals surface area contributed by atoms with Crippen LogP contribution in [0.2, 0.25) is 0 Å². The van der Waals surface area contributed by atoms with E-state index in [-0.39, 0.29) is 16.9 Å². The average Bonchev–Trinajstić information content (AvgIpc) is 3.32. The number of rotatable bonds is 41. The fourth-order valence-electron chi connectivity index (χ4n) is 11.8. The van der Waals surface area contributed by atoms with Gasteiger partial charge in [0.15, 0.2) is 0 Å². The molecule has 1 aliphatic carbocycles. The van der Waals surface area contributed by atoms with Crippen molar-refractivity contribution >= 4 is 34.8 Å². The summed E-state index contributed by atoms with van der Waals surface area (Å²) >= 11 is 12.1. The van der Waals surface area contributed by atoms with E-state index in [4.69, 9.17) is 33.9 Å². The second-order valence-electron chi connectivity index (χ2n) is 23.2. The summed E-state index contributed by atoms with van der Waals surface area (Å²) in [5, 5.41) is 8.37. The summed E-state index contributed by atoms with van der Waals surface area (Å²) in [6.45, 7) is 17.2. The maximum absolute atomic E-state index is 6.69. The molecule has 2 unspecified atom stereocenters. The second kappa shape index (κ2) is 38.4. The van der Waals surface area contributed by atoms with E-state index in [0.29, 0.717) is 10.3 Å². The van der Waals surface area contributed by atoms with E-state index in [9.17, 15) is 0 Å². The Labute approximate surface area is 445 Å². The van der Waals surface area contributed by atoms with Crippen molar-refractivity contribution in [2.75, 3.05) is 6.54 Å². The van der Waals surface area contributed by atoms with Gasteiger partial charge in [0.05, 0.1) is 0 Å². The molecule has 70 heavy (non-hydrogen) atoms. The maximum Gasteiger partial charge on any atom is 0.262 e. The van der Waals surface area contributed by atoms with Gasteiger partial charge in [-0.25, -0.2) is 0 Å². The van der Waals surface area contributed by atoms with Gasteiger partial charge in [-0.3, -0.25) is 0 Å². The lowest BCUT2D eigenvalue weighted by molar-refractivity contribution is 0.0786. The van der Waals surface area contributed by atoms with Crippen LogP contribution in [0.5, 0.6) is 11.5 Å². The molecule has 0 radical (unpaired) electrons. The van der Waals surface area contributed by atoms with Crippen LogP contribution in [0.1, 0.15) is 295 Å². The lowest BCUT2D eigenvalue weighted by atomic mass is 9.62. The van der Waals surface area contributed by atoms with Crippen LogP contribution in [0.4, 0.5) is 0 Å². The summed E-state index contributed by atoms with van der Waals surface area (Å²) in [6.07, 6.45) is 50.2. The molecule has 400 valence electrons. The number of hydrogen-bond donors (Lipinski definition) is 2. The second-order valence-corrected chi connectivity index (χ2v) is 24.0. The van der Waals surface area contributed by atoms with Crippen LogP contribution in [0, 0.1) is 10.8 Å².